The number of tetrazole rings is 1. The van der Waals surface area contributed by atoms with Crippen LogP contribution in [0, 0.1) is 0 Å². The van der Waals surface area contributed by atoms with Gasteiger partial charge >= 0.3 is 11.7 Å². The minimum absolute atomic E-state index is 0.0873. The van der Waals surface area contributed by atoms with E-state index < -0.39 is 5.97 Å². The van der Waals surface area contributed by atoms with Crippen LogP contribution in [0.5, 0.6) is 0 Å². The Kier molecular flexibility index (Phi) is 6.48. The Hall–Kier alpha value is -4.01. The van der Waals surface area contributed by atoms with Crippen LogP contribution in [0.3, 0.4) is 0 Å². The lowest BCUT2D eigenvalue weighted by Gasteiger charge is -2.12. The molecule has 0 atom stereocenters. The summed E-state index contributed by atoms with van der Waals surface area (Å²) in [5.74, 6) is -0.554. The van der Waals surface area contributed by atoms with Crippen molar-refractivity contribution in [3.8, 4) is 22.5 Å². The summed E-state index contributed by atoms with van der Waals surface area (Å²) >= 11 is 0. The number of aromatic carboxylic acids is 1. The lowest BCUT2D eigenvalue weighted by molar-refractivity contribution is 0.0683. The molecule has 2 N–H and O–H groups in total. The molecule has 0 aliphatic rings. The molecule has 0 saturated carbocycles. The minimum Gasteiger partial charge on any atom is -0.477 e. The molecule has 0 aliphatic heterocycles. The Bertz CT molecular complexity index is 1310. The number of imidazole rings is 1. The van der Waals surface area contributed by atoms with Crippen LogP contribution in [0.15, 0.2) is 53.3 Å². The van der Waals surface area contributed by atoms with Gasteiger partial charge < -0.3 is 5.11 Å². The molecular formula is C24H26N6O3. The van der Waals surface area contributed by atoms with Gasteiger partial charge in [-0.1, -0.05) is 62.7 Å². The first-order valence-electron chi connectivity index (χ1n) is 11.0. The SMILES string of the molecule is CCCc1c(C(=O)O)n(CCC)c(=O)n1Cc1ccc(-c2ccccc2)c(-c2nnn[nH]2)c1. The first kappa shape index (κ1) is 22.2. The third kappa shape index (κ3) is 4.34. The third-order valence-electron chi connectivity index (χ3n) is 5.58. The summed E-state index contributed by atoms with van der Waals surface area (Å²) in [7, 11) is 0. The van der Waals surface area contributed by atoms with Crippen molar-refractivity contribution in [3.05, 3.63) is 76.0 Å². The summed E-state index contributed by atoms with van der Waals surface area (Å²) in [6.07, 6.45) is 1.91. The molecule has 2 heterocycles. The second-order valence-electron chi connectivity index (χ2n) is 7.87. The zero-order valence-electron chi connectivity index (χ0n) is 18.7. The van der Waals surface area contributed by atoms with Crippen molar-refractivity contribution in [2.24, 2.45) is 0 Å². The quantitative estimate of drug-likeness (QED) is 0.405. The summed E-state index contributed by atoms with van der Waals surface area (Å²) in [5, 5.41) is 24.2. The Morgan fingerprint density at radius 3 is 2.45 bits per heavy atom. The third-order valence-corrected chi connectivity index (χ3v) is 5.58. The highest BCUT2D eigenvalue weighted by atomic mass is 16.4. The van der Waals surface area contributed by atoms with Crippen LogP contribution in [-0.2, 0) is 19.5 Å². The minimum atomic E-state index is -1.07. The number of nitrogens with zero attached hydrogens (tertiary/aromatic N) is 5. The number of H-pyrrole nitrogens is 1. The van der Waals surface area contributed by atoms with Gasteiger partial charge in [0.15, 0.2) is 11.5 Å². The van der Waals surface area contributed by atoms with Gasteiger partial charge in [0.2, 0.25) is 0 Å². The van der Waals surface area contributed by atoms with Crippen molar-refractivity contribution in [1.29, 1.82) is 0 Å². The highest BCUT2D eigenvalue weighted by molar-refractivity contribution is 5.87. The van der Waals surface area contributed by atoms with E-state index in [1.807, 2.05) is 62.4 Å². The zero-order valence-corrected chi connectivity index (χ0v) is 18.7. The zero-order chi connectivity index (χ0) is 23.4. The number of aromatic nitrogens is 6. The summed E-state index contributed by atoms with van der Waals surface area (Å²) in [4.78, 5) is 25.2. The second-order valence-corrected chi connectivity index (χ2v) is 7.87. The number of carboxylic acid groups (broad SMARTS) is 1. The van der Waals surface area contributed by atoms with Crippen molar-refractivity contribution in [3.63, 3.8) is 0 Å². The van der Waals surface area contributed by atoms with E-state index in [9.17, 15) is 14.7 Å². The highest BCUT2D eigenvalue weighted by Crippen LogP contribution is 2.31. The molecule has 0 unspecified atom stereocenters. The van der Waals surface area contributed by atoms with E-state index in [0.29, 0.717) is 30.9 Å². The van der Waals surface area contributed by atoms with Gasteiger partial charge in [0.1, 0.15) is 0 Å². The number of carboxylic acids is 1. The monoisotopic (exact) mass is 446 g/mol. The van der Waals surface area contributed by atoms with Gasteiger partial charge in [-0.3, -0.25) is 9.13 Å². The molecule has 2 aromatic heterocycles. The molecule has 9 nitrogen and oxygen atoms in total. The van der Waals surface area contributed by atoms with Gasteiger partial charge in [0, 0.05) is 12.1 Å². The average Bonchev–Trinajstić information content (AvgIpc) is 3.44. The van der Waals surface area contributed by atoms with E-state index in [-0.39, 0.29) is 17.9 Å². The van der Waals surface area contributed by atoms with E-state index in [1.165, 1.54) is 4.57 Å². The Morgan fingerprint density at radius 2 is 1.82 bits per heavy atom. The van der Waals surface area contributed by atoms with E-state index in [4.69, 9.17) is 0 Å². The van der Waals surface area contributed by atoms with E-state index in [2.05, 4.69) is 20.6 Å². The second kappa shape index (κ2) is 9.64. The van der Waals surface area contributed by atoms with Gasteiger partial charge in [-0.25, -0.2) is 14.7 Å². The fourth-order valence-corrected chi connectivity index (χ4v) is 4.17. The molecule has 4 aromatic rings. The molecule has 4 rings (SSSR count). The van der Waals surface area contributed by atoms with Crippen LogP contribution >= 0.6 is 0 Å². The topological polar surface area (TPSA) is 119 Å². The smallest absolute Gasteiger partial charge is 0.354 e. The molecule has 0 bridgehead atoms. The van der Waals surface area contributed by atoms with Crippen molar-refractivity contribution in [2.75, 3.05) is 0 Å². The van der Waals surface area contributed by atoms with Crippen LogP contribution in [0.4, 0.5) is 0 Å². The van der Waals surface area contributed by atoms with E-state index in [1.54, 1.807) is 4.57 Å². The lowest BCUT2D eigenvalue weighted by Crippen LogP contribution is -2.26. The van der Waals surface area contributed by atoms with Crippen molar-refractivity contribution in [2.45, 2.75) is 46.2 Å². The van der Waals surface area contributed by atoms with Crippen LogP contribution in [0.2, 0.25) is 0 Å². The maximum Gasteiger partial charge on any atom is 0.354 e. The molecule has 0 spiro atoms. The standard InChI is InChI=1S/C24H26N6O3/c1-3-8-20-21(23(31)32)29(13-4-2)24(33)30(20)15-16-11-12-18(17-9-6-5-7-10-17)19(14-16)22-25-27-28-26-22/h5-7,9-12,14H,3-4,8,13,15H2,1-2H3,(H,31,32)(H,25,26,27,28). The summed E-state index contributed by atoms with van der Waals surface area (Å²) < 4.78 is 2.97. The Balaban J connectivity index is 1.83. The van der Waals surface area contributed by atoms with Gasteiger partial charge in [0.05, 0.1) is 12.2 Å². The van der Waals surface area contributed by atoms with Crippen molar-refractivity contribution in [1.82, 2.24) is 29.8 Å². The number of hydrogen-bond acceptors (Lipinski definition) is 5. The lowest BCUT2D eigenvalue weighted by atomic mass is 9.97. The predicted molar refractivity (Wildman–Crippen MR) is 124 cm³/mol. The number of benzene rings is 2. The number of carbonyl (C=O) groups is 1. The fraction of sp³-hybridized carbons (Fsp3) is 0.292. The first-order valence-corrected chi connectivity index (χ1v) is 11.0. The molecule has 33 heavy (non-hydrogen) atoms. The molecule has 9 heteroatoms. The van der Waals surface area contributed by atoms with Gasteiger partial charge in [0.25, 0.3) is 0 Å². The normalized spacial score (nSPS) is 11.1. The number of aromatic amines is 1. The number of rotatable bonds is 9. The molecule has 170 valence electrons. The average molecular weight is 447 g/mol. The van der Waals surface area contributed by atoms with Crippen LogP contribution in [0.1, 0.15) is 48.4 Å². The molecule has 0 radical (unpaired) electrons. The number of nitrogens with one attached hydrogen (secondary N) is 1. The predicted octanol–water partition coefficient (Wildman–Crippen LogP) is 3.61. The summed E-state index contributed by atoms with van der Waals surface area (Å²) in [6, 6.07) is 15.8. The van der Waals surface area contributed by atoms with Gasteiger partial charge in [-0.05, 0) is 46.0 Å². The molecule has 0 aliphatic carbocycles. The highest BCUT2D eigenvalue weighted by Gasteiger charge is 2.24. The fourth-order valence-electron chi connectivity index (χ4n) is 4.17. The maximum atomic E-state index is 13.2. The maximum absolute atomic E-state index is 13.2. The Morgan fingerprint density at radius 1 is 1.03 bits per heavy atom. The Labute approximate surface area is 190 Å². The largest absolute Gasteiger partial charge is 0.477 e. The van der Waals surface area contributed by atoms with Gasteiger partial charge in [-0.2, -0.15) is 0 Å². The molecule has 0 amide bonds. The van der Waals surface area contributed by atoms with Crippen LogP contribution in [-0.4, -0.2) is 40.8 Å². The van der Waals surface area contributed by atoms with Crippen LogP contribution < -0.4 is 5.69 Å². The molecule has 2 aromatic carbocycles. The van der Waals surface area contributed by atoms with Crippen molar-refractivity contribution < 1.29 is 9.90 Å². The number of hydrogen-bond donors (Lipinski definition) is 2. The van der Waals surface area contributed by atoms with E-state index >= 15 is 0 Å². The molecule has 0 saturated heterocycles. The van der Waals surface area contributed by atoms with Gasteiger partial charge in [-0.15, -0.1) is 5.10 Å². The molecular weight excluding hydrogens is 420 g/mol. The summed E-state index contributed by atoms with van der Waals surface area (Å²) in [5.41, 5.74) is 3.97. The van der Waals surface area contributed by atoms with Crippen LogP contribution in [0.25, 0.3) is 22.5 Å². The van der Waals surface area contributed by atoms with Crippen molar-refractivity contribution >= 4 is 5.97 Å². The molecule has 0 fully saturated rings. The van der Waals surface area contributed by atoms with E-state index in [0.717, 1.165) is 28.7 Å². The first-order chi connectivity index (χ1) is 16.0. The summed E-state index contributed by atoms with van der Waals surface area (Å²) in [6.45, 7) is 4.52.